The van der Waals surface area contributed by atoms with E-state index >= 15 is 4.39 Å². The van der Waals surface area contributed by atoms with Crippen LogP contribution in [0.5, 0.6) is 11.5 Å². The number of pyridine rings is 1. The van der Waals surface area contributed by atoms with Gasteiger partial charge in [-0.3, -0.25) is 9.59 Å². The number of anilines is 1. The van der Waals surface area contributed by atoms with Gasteiger partial charge in [-0.1, -0.05) is 30.3 Å². The average molecular weight is 601 g/mol. The number of benzene rings is 3. The van der Waals surface area contributed by atoms with E-state index in [4.69, 9.17) is 14.2 Å². The van der Waals surface area contributed by atoms with E-state index in [-0.39, 0.29) is 28.4 Å². The van der Waals surface area contributed by atoms with E-state index < -0.39 is 28.8 Å². The van der Waals surface area contributed by atoms with Crippen LogP contribution in [0.1, 0.15) is 37.6 Å². The smallest absolute Gasteiger partial charge is 0.407 e. The number of aromatic nitrogens is 1. The lowest BCUT2D eigenvalue weighted by atomic mass is 10.0. The van der Waals surface area contributed by atoms with Crippen LogP contribution >= 0.6 is 0 Å². The van der Waals surface area contributed by atoms with Crippen molar-refractivity contribution in [1.82, 2.24) is 14.8 Å². The molecule has 4 heterocycles. The minimum Gasteiger partial charge on any atom is -0.450 e. The molecule has 0 unspecified atom stereocenters. The molecule has 10 nitrogen and oxygen atoms in total. The second kappa shape index (κ2) is 10.5. The number of nitrogens with one attached hydrogen (secondary N) is 1. The molecule has 11 heteroatoms. The van der Waals surface area contributed by atoms with Crippen molar-refractivity contribution < 1.29 is 28.2 Å². The molecule has 0 bridgehead atoms. The van der Waals surface area contributed by atoms with Gasteiger partial charge in [0.25, 0.3) is 5.91 Å². The summed E-state index contributed by atoms with van der Waals surface area (Å²) in [6, 6.07) is 12.5. The van der Waals surface area contributed by atoms with Crippen molar-refractivity contribution in [2.75, 3.05) is 44.3 Å². The van der Waals surface area contributed by atoms with Gasteiger partial charge >= 0.3 is 6.09 Å². The number of hydrogen-bond donors (Lipinski definition) is 1. The molecule has 1 N–H and O–H groups in total. The molecule has 3 aliphatic rings. The van der Waals surface area contributed by atoms with Crippen molar-refractivity contribution in [3.63, 3.8) is 0 Å². The number of morpholine rings is 1. The summed E-state index contributed by atoms with van der Waals surface area (Å²) in [5.74, 6) is -0.364. The molecule has 44 heavy (non-hydrogen) atoms. The van der Waals surface area contributed by atoms with Gasteiger partial charge in [0.1, 0.15) is 22.4 Å². The van der Waals surface area contributed by atoms with Crippen LogP contribution in [0.4, 0.5) is 14.9 Å². The third kappa shape index (κ3) is 4.81. The minimum absolute atomic E-state index is 0.0405. The largest absolute Gasteiger partial charge is 0.450 e. The number of rotatable bonds is 3. The van der Waals surface area contributed by atoms with Crippen LogP contribution in [0.15, 0.2) is 53.5 Å². The fourth-order valence-electron chi connectivity index (χ4n) is 6.27. The van der Waals surface area contributed by atoms with Gasteiger partial charge in [0.15, 0.2) is 17.3 Å². The average Bonchev–Trinajstić information content (AvgIpc) is 3.44. The number of hydrogen-bond acceptors (Lipinski definition) is 7. The van der Waals surface area contributed by atoms with Crippen LogP contribution in [0, 0.1) is 5.82 Å². The van der Waals surface area contributed by atoms with E-state index in [1.807, 2.05) is 41.3 Å². The number of amides is 2. The molecule has 2 saturated heterocycles. The van der Waals surface area contributed by atoms with E-state index in [0.717, 1.165) is 10.8 Å². The molecular weight excluding hydrogens is 567 g/mol. The first kappa shape index (κ1) is 28.1. The van der Waals surface area contributed by atoms with Crippen molar-refractivity contribution >= 4 is 39.4 Å². The molecule has 4 aromatic rings. The Kier molecular flexibility index (Phi) is 6.73. The topological polar surface area (TPSA) is 102 Å². The molecule has 0 saturated carbocycles. The Bertz CT molecular complexity index is 1890. The zero-order valence-electron chi connectivity index (χ0n) is 24.8. The molecule has 3 aliphatic heterocycles. The Morgan fingerprint density at radius 3 is 2.57 bits per heavy atom. The molecule has 1 aromatic heterocycles. The Hall–Kier alpha value is -4.64. The minimum atomic E-state index is -0.646. The van der Waals surface area contributed by atoms with Crippen molar-refractivity contribution in [2.24, 2.45) is 0 Å². The van der Waals surface area contributed by atoms with Crippen LogP contribution in [0.25, 0.3) is 27.4 Å². The van der Waals surface area contributed by atoms with Crippen molar-refractivity contribution in [2.45, 2.75) is 38.8 Å². The summed E-state index contributed by atoms with van der Waals surface area (Å²) in [6.07, 6.45) is 1.59. The molecule has 0 spiro atoms. The molecule has 2 amide bonds. The van der Waals surface area contributed by atoms with E-state index in [1.165, 1.54) is 6.07 Å². The molecule has 0 radical (unpaired) electrons. The van der Waals surface area contributed by atoms with E-state index in [0.29, 0.717) is 62.8 Å². The quantitative estimate of drug-likeness (QED) is 0.312. The highest BCUT2D eigenvalue weighted by atomic mass is 19.1. The molecule has 0 aliphatic carbocycles. The van der Waals surface area contributed by atoms with Crippen LogP contribution in [-0.4, -0.2) is 72.5 Å². The number of carbonyl (C=O) groups is 2. The number of nitrogens with zero attached hydrogens (tertiary/aromatic N) is 3. The Morgan fingerprint density at radius 2 is 1.80 bits per heavy atom. The first-order valence-corrected chi connectivity index (χ1v) is 14.8. The number of alkyl carbamates (subject to hydrolysis) is 1. The molecule has 1 atom stereocenters. The highest BCUT2D eigenvalue weighted by Crippen LogP contribution is 2.49. The monoisotopic (exact) mass is 600 g/mol. The van der Waals surface area contributed by atoms with E-state index in [9.17, 15) is 14.4 Å². The molecule has 2 fully saturated rings. The first-order chi connectivity index (χ1) is 21.1. The van der Waals surface area contributed by atoms with Crippen LogP contribution in [-0.2, 0) is 9.47 Å². The maximum Gasteiger partial charge on any atom is 0.407 e. The summed E-state index contributed by atoms with van der Waals surface area (Å²) in [5, 5.41) is 4.68. The van der Waals surface area contributed by atoms with Gasteiger partial charge in [-0.05, 0) is 44.7 Å². The van der Waals surface area contributed by atoms with Crippen molar-refractivity contribution in [3.8, 4) is 17.2 Å². The van der Waals surface area contributed by atoms with Gasteiger partial charge in [0.2, 0.25) is 5.43 Å². The summed E-state index contributed by atoms with van der Waals surface area (Å²) in [4.78, 5) is 43.3. The number of halogens is 1. The normalized spacial score (nSPS) is 17.9. The van der Waals surface area contributed by atoms with Gasteiger partial charge < -0.3 is 33.9 Å². The lowest BCUT2D eigenvalue weighted by molar-refractivity contribution is 0.0301. The summed E-state index contributed by atoms with van der Waals surface area (Å²) >= 11 is 0. The van der Waals surface area contributed by atoms with Gasteiger partial charge in [0, 0.05) is 37.8 Å². The Morgan fingerprint density at radius 1 is 1.02 bits per heavy atom. The SMILES string of the molecule is CC(C)(C)OC(=O)N[C@@H]1CCN(c2c(F)cc3c(=O)c(C(=O)N4CCOCC4)cn4c3c2Oc2c-4ccc3ccccc23)C1. The predicted molar refractivity (Wildman–Crippen MR) is 164 cm³/mol. The number of fused-ring (bicyclic) bond motifs is 4. The van der Waals surface area contributed by atoms with Gasteiger partial charge in [-0.25, -0.2) is 9.18 Å². The van der Waals surface area contributed by atoms with Gasteiger partial charge in [0.05, 0.1) is 30.3 Å². The van der Waals surface area contributed by atoms with Crippen molar-refractivity contribution in [3.05, 3.63) is 70.3 Å². The maximum atomic E-state index is 16.3. The van der Waals surface area contributed by atoms with Gasteiger partial charge in [-0.2, -0.15) is 0 Å². The standard InChI is InChI=1S/C33H33FN4O6/c1-33(2,3)44-32(41)35-20-10-11-37(17-20)27-24(34)16-22-26-30(27)43-29-21-7-5-4-6-19(21)8-9-25(29)38(26)18-23(28(22)39)31(40)36-12-14-42-15-13-36/h4-9,16,18,20H,10-15,17H2,1-3H3,(H,35,41)/t20-/m1/s1. The number of ether oxygens (including phenoxy) is 3. The van der Waals surface area contributed by atoms with Crippen LogP contribution in [0.2, 0.25) is 0 Å². The second-order valence-electron chi connectivity index (χ2n) is 12.4. The fraction of sp³-hybridized carbons (Fsp3) is 0.364. The lowest BCUT2D eigenvalue weighted by Crippen LogP contribution is -2.42. The highest BCUT2D eigenvalue weighted by molar-refractivity contribution is 6.03. The van der Waals surface area contributed by atoms with Crippen molar-refractivity contribution in [1.29, 1.82) is 0 Å². The first-order valence-electron chi connectivity index (χ1n) is 14.8. The fourth-order valence-corrected chi connectivity index (χ4v) is 6.27. The zero-order chi connectivity index (χ0) is 30.7. The third-order valence-electron chi connectivity index (χ3n) is 8.25. The Balaban J connectivity index is 1.37. The summed E-state index contributed by atoms with van der Waals surface area (Å²) < 4.78 is 35.4. The maximum absolute atomic E-state index is 16.3. The van der Waals surface area contributed by atoms with Crippen LogP contribution in [0.3, 0.4) is 0 Å². The third-order valence-corrected chi connectivity index (χ3v) is 8.25. The molecule has 3 aromatic carbocycles. The Labute approximate surface area is 252 Å². The van der Waals surface area contributed by atoms with E-state index in [2.05, 4.69) is 5.32 Å². The number of carbonyl (C=O) groups excluding carboxylic acids is 2. The predicted octanol–water partition coefficient (Wildman–Crippen LogP) is 4.96. The molecular formula is C33H33FN4O6. The molecule has 228 valence electrons. The van der Waals surface area contributed by atoms with Gasteiger partial charge in [-0.15, -0.1) is 0 Å². The molecule has 7 rings (SSSR count). The summed E-state index contributed by atoms with van der Waals surface area (Å²) in [6.45, 7) is 7.65. The lowest BCUT2D eigenvalue weighted by Gasteiger charge is -2.31. The summed E-state index contributed by atoms with van der Waals surface area (Å²) in [7, 11) is 0. The van der Waals surface area contributed by atoms with Crippen LogP contribution < -0.4 is 20.4 Å². The summed E-state index contributed by atoms with van der Waals surface area (Å²) in [5.41, 5.74) is -0.0199. The van der Waals surface area contributed by atoms with E-state index in [1.54, 1.807) is 36.4 Å². The second-order valence-corrected chi connectivity index (χ2v) is 12.4. The highest BCUT2D eigenvalue weighted by Gasteiger charge is 2.35. The zero-order valence-corrected chi connectivity index (χ0v) is 24.8.